The first-order valence-electron chi connectivity index (χ1n) is 5.48. The van der Waals surface area contributed by atoms with Gasteiger partial charge < -0.3 is 10.1 Å². The summed E-state index contributed by atoms with van der Waals surface area (Å²) in [4.78, 5) is 15.6. The number of pyridine rings is 1. The number of hydrogen-bond acceptors (Lipinski definition) is 3. The molecule has 0 aliphatic heterocycles. The van der Waals surface area contributed by atoms with Gasteiger partial charge in [0.15, 0.2) is 17.5 Å². The topological polar surface area (TPSA) is 51.2 Å². The summed E-state index contributed by atoms with van der Waals surface area (Å²) in [7, 11) is 1.43. The molecule has 4 nitrogen and oxygen atoms in total. The van der Waals surface area contributed by atoms with E-state index in [-0.39, 0.29) is 5.69 Å². The first kappa shape index (κ1) is 13.9. The highest BCUT2D eigenvalue weighted by Crippen LogP contribution is 2.17. The van der Waals surface area contributed by atoms with Crippen molar-refractivity contribution in [3.05, 3.63) is 53.5 Å². The van der Waals surface area contributed by atoms with Crippen LogP contribution in [0.2, 0.25) is 0 Å². The Kier molecular flexibility index (Phi) is 3.88. The van der Waals surface area contributed by atoms with Gasteiger partial charge in [-0.15, -0.1) is 0 Å². The number of carbonyl (C=O) groups excluding carboxylic acids is 1. The quantitative estimate of drug-likeness (QED) is 0.881. The number of carbonyl (C=O) groups is 1. The molecule has 0 aliphatic carbocycles. The Bertz CT molecular complexity index is 645. The van der Waals surface area contributed by atoms with E-state index >= 15 is 0 Å². The molecule has 0 atom stereocenters. The lowest BCUT2D eigenvalue weighted by molar-refractivity contribution is 0.102. The Morgan fingerprint density at radius 1 is 1.15 bits per heavy atom. The van der Waals surface area contributed by atoms with Crippen molar-refractivity contribution in [1.82, 2.24) is 4.98 Å². The van der Waals surface area contributed by atoms with Crippen LogP contribution in [0.25, 0.3) is 0 Å². The third-order valence-electron chi connectivity index (χ3n) is 2.48. The smallest absolute Gasteiger partial charge is 0.258 e. The lowest BCUT2D eigenvalue weighted by Crippen LogP contribution is -2.15. The van der Waals surface area contributed by atoms with Crippen LogP contribution in [0.4, 0.5) is 18.9 Å². The first-order valence-corrected chi connectivity index (χ1v) is 5.48. The number of halogens is 3. The van der Waals surface area contributed by atoms with E-state index in [1.807, 2.05) is 0 Å². The summed E-state index contributed by atoms with van der Waals surface area (Å²) < 4.78 is 44.0. The second-order valence-corrected chi connectivity index (χ2v) is 3.77. The fourth-order valence-electron chi connectivity index (χ4n) is 1.47. The molecule has 1 N–H and O–H groups in total. The van der Waals surface area contributed by atoms with Crippen molar-refractivity contribution < 1.29 is 22.7 Å². The summed E-state index contributed by atoms with van der Waals surface area (Å²) in [5.74, 6) is -5.16. The SMILES string of the molecule is COc1ccc(NC(=O)c2ccc(F)c(F)c2F)cn1. The van der Waals surface area contributed by atoms with Gasteiger partial charge in [0.1, 0.15) is 0 Å². The third kappa shape index (κ3) is 2.71. The highest BCUT2D eigenvalue weighted by molar-refractivity contribution is 6.04. The Labute approximate surface area is 112 Å². The number of hydrogen-bond donors (Lipinski definition) is 1. The molecule has 1 amide bonds. The molecule has 104 valence electrons. The van der Waals surface area contributed by atoms with E-state index in [1.54, 1.807) is 0 Å². The minimum absolute atomic E-state index is 0.264. The summed E-state index contributed by atoms with van der Waals surface area (Å²) in [6.45, 7) is 0. The van der Waals surface area contributed by atoms with Crippen molar-refractivity contribution >= 4 is 11.6 Å². The number of anilines is 1. The Hall–Kier alpha value is -2.57. The Balaban J connectivity index is 2.21. The number of ether oxygens (including phenoxy) is 1. The molecule has 0 saturated carbocycles. The van der Waals surface area contributed by atoms with Crippen molar-refractivity contribution in [2.24, 2.45) is 0 Å². The lowest BCUT2D eigenvalue weighted by Gasteiger charge is -2.07. The zero-order valence-corrected chi connectivity index (χ0v) is 10.3. The van der Waals surface area contributed by atoms with E-state index in [4.69, 9.17) is 4.74 Å². The molecule has 0 radical (unpaired) electrons. The van der Waals surface area contributed by atoms with Gasteiger partial charge in [0, 0.05) is 6.07 Å². The second-order valence-electron chi connectivity index (χ2n) is 3.77. The van der Waals surface area contributed by atoms with Gasteiger partial charge in [0.05, 0.1) is 24.6 Å². The summed E-state index contributed by atoms with van der Waals surface area (Å²) in [6, 6.07) is 4.50. The monoisotopic (exact) mass is 282 g/mol. The maximum absolute atomic E-state index is 13.4. The van der Waals surface area contributed by atoms with Gasteiger partial charge in [0.25, 0.3) is 5.91 Å². The van der Waals surface area contributed by atoms with Crippen LogP contribution >= 0.6 is 0 Å². The van der Waals surface area contributed by atoms with Gasteiger partial charge >= 0.3 is 0 Å². The van der Waals surface area contributed by atoms with Gasteiger partial charge in [-0.1, -0.05) is 0 Å². The number of aromatic nitrogens is 1. The molecule has 7 heteroatoms. The van der Waals surface area contributed by atoms with Crippen LogP contribution in [0.1, 0.15) is 10.4 Å². The standard InChI is InChI=1S/C13H9F3N2O2/c1-20-10-5-2-7(6-17-10)18-13(19)8-3-4-9(14)12(16)11(8)15/h2-6H,1H3,(H,18,19). The van der Waals surface area contributed by atoms with E-state index in [0.717, 1.165) is 6.07 Å². The zero-order valence-electron chi connectivity index (χ0n) is 10.3. The molecule has 0 saturated heterocycles. The second kappa shape index (κ2) is 5.60. The van der Waals surface area contributed by atoms with Crippen LogP contribution < -0.4 is 10.1 Å². The van der Waals surface area contributed by atoms with Crippen molar-refractivity contribution in [2.45, 2.75) is 0 Å². The van der Waals surface area contributed by atoms with Crippen molar-refractivity contribution in [2.75, 3.05) is 12.4 Å². The summed E-state index contributed by atoms with van der Waals surface area (Å²) in [5, 5.41) is 2.31. The minimum atomic E-state index is -1.69. The van der Waals surface area contributed by atoms with Gasteiger partial charge in [-0.3, -0.25) is 4.79 Å². The van der Waals surface area contributed by atoms with E-state index < -0.39 is 28.9 Å². The largest absolute Gasteiger partial charge is 0.481 e. The van der Waals surface area contributed by atoms with Gasteiger partial charge in [0.2, 0.25) is 5.88 Å². The maximum Gasteiger partial charge on any atom is 0.258 e. The molecular formula is C13H9F3N2O2. The number of benzene rings is 1. The first-order chi connectivity index (χ1) is 9.52. The normalized spacial score (nSPS) is 10.2. The maximum atomic E-state index is 13.4. The molecular weight excluding hydrogens is 273 g/mol. The van der Waals surface area contributed by atoms with Crippen LogP contribution in [0.3, 0.4) is 0 Å². The van der Waals surface area contributed by atoms with E-state index in [2.05, 4.69) is 10.3 Å². The average molecular weight is 282 g/mol. The molecule has 1 aromatic carbocycles. The van der Waals surface area contributed by atoms with Crippen molar-refractivity contribution in [3.63, 3.8) is 0 Å². The molecule has 0 spiro atoms. The summed E-state index contributed by atoms with van der Waals surface area (Å²) in [5.41, 5.74) is -0.334. The number of nitrogens with one attached hydrogen (secondary N) is 1. The fourth-order valence-corrected chi connectivity index (χ4v) is 1.47. The molecule has 20 heavy (non-hydrogen) atoms. The highest BCUT2D eigenvalue weighted by Gasteiger charge is 2.18. The lowest BCUT2D eigenvalue weighted by atomic mass is 10.2. The Morgan fingerprint density at radius 3 is 2.50 bits per heavy atom. The average Bonchev–Trinajstić information content (AvgIpc) is 2.45. The van der Waals surface area contributed by atoms with Gasteiger partial charge in [-0.25, -0.2) is 18.2 Å². The molecule has 1 heterocycles. The minimum Gasteiger partial charge on any atom is -0.481 e. The van der Waals surface area contributed by atoms with Crippen molar-refractivity contribution in [1.29, 1.82) is 0 Å². The van der Waals surface area contributed by atoms with Gasteiger partial charge in [-0.05, 0) is 18.2 Å². The van der Waals surface area contributed by atoms with E-state index in [0.29, 0.717) is 11.9 Å². The number of nitrogens with zero attached hydrogens (tertiary/aromatic N) is 1. The molecule has 2 aromatic rings. The van der Waals surface area contributed by atoms with Crippen LogP contribution in [0.5, 0.6) is 5.88 Å². The molecule has 0 fully saturated rings. The Morgan fingerprint density at radius 2 is 1.90 bits per heavy atom. The number of rotatable bonds is 3. The molecule has 0 aliphatic rings. The molecule has 1 aromatic heterocycles. The van der Waals surface area contributed by atoms with Crippen LogP contribution in [0.15, 0.2) is 30.5 Å². The van der Waals surface area contributed by atoms with Crippen LogP contribution in [-0.4, -0.2) is 18.0 Å². The summed E-state index contributed by atoms with van der Waals surface area (Å²) in [6.07, 6.45) is 1.29. The molecule has 2 rings (SSSR count). The predicted molar refractivity (Wildman–Crippen MR) is 65.1 cm³/mol. The number of methoxy groups -OCH3 is 1. The fraction of sp³-hybridized carbons (Fsp3) is 0.0769. The zero-order chi connectivity index (χ0) is 14.7. The number of amides is 1. The predicted octanol–water partition coefficient (Wildman–Crippen LogP) is 2.76. The highest BCUT2D eigenvalue weighted by atomic mass is 19.2. The molecule has 0 unspecified atom stereocenters. The van der Waals surface area contributed by atoms with E-state index in [1.165, 1.54) is 25.4 Å². The third-order valence-corrected chi connectivity index (χ3v) is 2.48. The van der Waals surface area contributed by atoms with E-state index in [9.17, 15) is 18.0 Å². The van der Waals surface area contributed by atoms with Crippen LogP contribution in [0, 0.1) is 17.5 Å². The summed E-state index contributed by atoms with van der Waals surface area (Å²) >= 11 is 0. The molecule has 0 bridgehead atoms. The van der Waals surface area contributed by atoms with Crippen molar-refractivity contribution in [3.8, 4) is 5.88 Å². The van der Waals surface area contributed by atoms with Crippen LogP contribution in [-0.2, 0) is 0 Å². The van der Waals surface area contributed by atoms with Gasteiger partial charge in [-0.2, -0.15) is 0 Å².